The Kier molecular flexibility index (Phi) is 4.10. The number of hydrogen-bond acceptors (Lipinski definition) is 2. The van der Waals surface area contributed by atoms with Gasteiger partial charge in [-0.25, -0.2) is 0 Å². The van der Waals surface area contributed by atoms with E-state index < -0.39 is 18.2 Å². The molecular formula is C5H6ClF3OS. The summed E-state index contributed by atoms with van der Waals surface area (Å²) >= 11 is 9.32. The molecule has 0 saturated heterocycles. The van der Waals surface area contributed by atoms with Crippen molar-refractivity contribution in [2.75, 3.05) is 5.88 Å². The minimum Gasteiger partial charge on any atom is -0.473 e. The van der Waals surface area contributed by atoms with E-state index in [1.807, 2.05) is 0 Å². The van der Waals surface area contributed by atoms with Gasteiger partial charge in [0.05, 0.1) is 5.88 Å². The van der Waals surface area contributed by atoms with Gasteiger partial charge in [0, 0.05) is 6.92 Å². The molecule has 0 saturated carbocycles. The van der Waals surface area contributed by atoms with Crippen molar-refractivity contribution in [3.63, 3.8) is 0 Å². The summed E-state index contributed by atoms with van der Waals surface area (Å²) in [4.78, 5) is 0. The molecule has 11 heavy (non-hydrogen) atoms. The standard InChI is InChI=1S/C5H6ClF3OS/c1-3(11)10-4(2-6)5(7,8)9/h4H,2H2,1H3. The molecule has 0 rings (SSSR count). The Morgan fingerprint density at radius 3 is 2.18 bits per heavy atom. The molecular weight excluding hydrogens is 201 g/mol. The third kappa shape index (κ3) is 4.42. The molecule has 0 aliphatic carbocycles. The largest absolute Gasteiger partial charge is 0.473 e. The fourth-order valence-corrected chi connectivity index (χ4v) is 0.740. The second-order valence-electron chi connectivity index (χ2n) is 1.79. The van der Waals surface area contributed by atoms with Crippen molar-refractivity contribution in [1.29, 1.82) is 0 Å². The van der Waals surface area contributed by atoms with Gasteiger partial charge in [-0.05, 0) is 12.2 Å². The SMILES string of the molecule is CC(=S)OC(CCl)C(F)(F)F. The van der Waals surface area contributed by atoms with Crippen LogP contribution in [-0.2, 0) is 4.74 Å². The molecule has 0 fully saturated rings. The maximum absolute atomic E-state index is 11.8. The van der Waals surface area contributed by atoms with Crippen LogP contribution in [0.5, 0.6) is 0 Å². The zero-order chi connectivity index (χ0) is 9.07. The van der Waals surface area contributed by atoms with E-state index >= 15 is 0 Å². The molecule has 0 aliphatic heterocycles. The highest BCUT2D eigenvalue weighted by Gasteiger charge is 2.41. The molecule has 0 aromatic rings. The Morgan fingerprint density at radius 2 is 2.09 bits per heavy atom. The van der Waals surface area contributed by atoms with E-state index in [1.54, 1.807) is 0 Å². The van der Waals surface area contributed by atoms with Crippen LogP contribution >= 0.6 is 23.8 Å². The first-order valence-electron chi connectivity index (χ1n) is 2.68. The van der Waals surface area contributed by atoms with Crippen LogP contribution in [0.15, 0.2) is 0 Å². The molecule has 1 atom stereocenters. The van der Waals surface area contributed by atoms with Crippen LogP contribution < -0.4 is 0 Å². The smallest absolute Gasteiger partial charge is 0.426 e. The number of ether oxygens (including phenoxy) is 1. The van der Waals surface area contributed by atoms with Crippen molar-refractivity contribution in [2.24, 2.45) is 0 Å². The molecule has 0 heterocycles. The van der Waals surface area contributed by atoms with Gasteiger partial charge in [0.2, 0.25) is 6.10 Å². The van der Waals surface area contributed by atoms with E-state index in [-0.39, 0.29) is 5.05 Å². The van der Waals surface area contributed by atoms with Crippen LogP contribution in [-0.4, -0.2) is 23.2 Å². The lowest BCUT2D eigenvalue weighted by molar-refractivity contribution is -0.191. The van der Waals surface area contributed by atoms with E-state index in [0.29, 0.717) is 0 Å². The predicted octanol–water partition coefficient (Wildman–Crippen LogP) is 2.52. The highest BCUT2D eigenvalue weighted by atomic mass is 35.5. The van der Waals surface area contributed by atoms with Crippen LogP contribution in [0.1, 0.15) is 6.92 Å². The lowest BCUT2D eigenvalue weighted by Crippen LogP contribution is -2.34. The molecule has 66 valence electrons. The minimum absolute atomic E-state index is 0.159. The number of hydrogen-bond donors (Lipinski definition) is 0. The van der Waals surface area contributed by atoms with Crippen molar-refractivity contribution in [3.8, 4) is 0 Å². The minimum atomic E-state index is -4.44. The van der Waals surface area contributed by atoms with Gasteiger partial charge in [-0.1, -0.05) is 0 Å². The van der Waals surface area contributed by atoms with Gasteiger partial charge in [-0.15, -0.1) is 11.6 Å². The Bertz CT molecular complexity index is 147. The molecule has 0 radical (unpaired) electrons. The lowest BCUT2D eigenvalue weighted by Gasteiger charge is -2.18. The first kappa shape index (κ1) is 11.0. The molecule has 6 heteroatoms. The van der Waals surface area contributed by atoms with E-state index in [9.17, 15) is 13.2 Å². The Balaban J connectivity index is 4.07. The molecule has 1 nitrogen and oxygen atoms in total. The predicted molar refractivity (Wildman–Crippen MR) is 39.9 cm³/mol. The molecule has 0 aliphatic rings. The summed E-state index contributed by atoms with van der Waals surface area (Å²) in [7, 11) is 0. The van der Waals surface area contributed by atoms with Crippen molar-refractivity contribution in [2.45, 2.75) is 19.2 Å². The van der Waals surface area contributed by atoms with Gasteiger partial charge in [0.1, 0.15) is 0 Å². The van der Waals surface area contributed by atoms with E-state index in [0.717, 1.165) is 0 Å². The first-order valence-corrected chi connectivity index (χ1v) is 3.62. The van der Waals surface area contributed by atoms with Crippen molar-refractivity contribution >= 4 is 28.9 Å². The Hall–Kier alpha value is -0.0300. The lowest BCUT2D eigenvalue weighted by atomic mass is 10.4. The number of alkyl halides is 4. The molecule has 0 amide bonds. The van der Waals surface area contributed by atoms with Gasteiger partial charge in [-0.3, -0.25) is 0 Å². The second-order valence-corrected chi connectivity index (χ2v) is 2.68. The zero-order valence-corrected chi connectivity index (χ0v) is 7.19. The Labute approximate surface area is 72.5 Å². The third-order valence-electron chi connectivity index (χ3n) is 0.813. The molecule has 1 unspecified atom stereocenters. The van der Waals surface area contributed by atoms with E-state index in [1.165, 1.54) is 6.92 Å². The average Bonchev–Trinajstić information content (AvgIpc) is 1.79. The van der Waals surface area contributed by atoms with Crippen LogP contribution in [0, 0.1) is 0 Å². The van der Waals surface area contributed by atoms with Crippen molar-refractivity contribution in [3.05, 3.63) is 0 Å². The monoisotopic (exact) mass is 206 g/mol. The third-order valence-corrected chi connectivity index (χ3v) is 1.19. The van der Waals surface area contributed by atoms with Gasteiger partial charge < -0.3 is 4.74 Å². The van der Waals surface area contributed by atoms with Crippen LogP contribution in [0.25, 0.3) is 0 Å². The molecule has 0 bridgehead atoms. The molecule has 0 aromatic carbocycles. The topological polar surface area (TPSA) is 9.23 Å². The van der Waals surface area contributed by atoms with Gasteiger partial charge in [0.25, 0.3) is 0 Å². The van der Waals surface area contributed by atoms with Crippen LogP contribution in [0.3, 0.4) is 0 Å². The molecule has 0 aromatic heterocycles. The summed E-state index contributed by atoms with van der Waals surface area (Å²) in [5, 5.41) is -0.159. The number of rotatable bonds is 2. The summed E-state index contributed by atoms with van der Waals surface area (Å²) in [6.45, 7) is 1.26. The summed E-state index contributed by atoms with van der Waals surface area (Å²) < 4.78 is 39.7. The highest BCUT2D eigenvalue weighted by molar-refractivity contribution is 7.80. The van der Waals surface area contributed by atoms with Crippen molar-refractivity contribution in [1.82, 2.24) is 0 Å². The van der Waals surface area contributed by atoms with Gasteiger partial charge in [-0.2, -0.15) is 13.2 Å². The fourth-order valence-electron chi connectivity index (χ4n) is 0.386. The highest BCUT2D eigenvalue weighted by Crippen LogP contribution is 2.23. The van der Waals surface area contributed by atoms with Crippen molar-refractivity contribution < 1.29 is 17.9 Å². The maximum Gasteiger partial charge on any atom is 0.426 e. The normalized spacial score (nSPS) is 14.3. The second kappa shape index (κ2) is 4.11. The first-order chi connectivity index (χ1) is 4.88. The summed E-state index contributed by atoms with van der Waals surface area (Å²) in [5.74, 6) is -0.641. The van der Waals surface area contributed by atoms with E-state index in [4.69, 9.17) is 11.6 Å². The average molecular weight is 207 g/mol. The molecule has 0 spiro atoms. The summed E-state index contributed by atoms with van der Waals surface area (Å²) in [6.07, 6.45) is -6.43. The Morgan fingerprint density at radius 1 is 1.64 bits per heavy atom. The van der Waals surface area contributed by atoms with Gasteiger partial charge in [0.15, 0.2) is 5.05 Å². The van der Waals surface area contributed by atoms with Crippen LogP contribution in [0.4, 0.5) is 13.2 Å². The van der Waals surface area contributed by atoms with Gasteiger partial charge >= 0.3 is 6.18 Å². The summed E-state index contributed by atoms with van der Waals surface area (Å²) in [6, 6.07) is 0. The fraction of sp³-hybridized carbons (Fsp3) is 0.800. The number of thiocarbonyl (C=S) groups is 1. The quantitative estimate of drug-likeness (QED) is 0.507. The van der Waals surface area contributed by atoms with E-state index in [2.05, 4.69) is 17.0 Å². The molecule has 0 N–H and O–H groups in total. The zero-order valence-electron chi connectivity index (χ0n) is 5.61. The maximum atomic E-state index is 11.8. The number of halogens is 4. The summed E-state index contributed by atoms with van der Waals surface area (Å²) in [5.41, 5.74) is 0. The van der Waals surface area contributed by atoms with Crippen LogP contribution in [0.2, 0.25) is 0 Å².